The van der Waals surface area contributed by atoms with Crippen molar-refractivity contribution in [3.8, 4) is 17.2 Å². The second-order valence-corrected chi connectivity index (χ2v) is 6.47. The predicted octanol–water partition coefficient (Wildman–Crippen LogP) is 2.94. The first kappa shape index (κ1) is 18.5. The van der Waals surface area contributed by atoms with Crippen molar-refractivity contribution in [2.45, 2.75) is 19.1 Å². The van der Waals surface area contributed by atoms with Crippen LogP contribution < -0.4 is 5.32 Å². The van der Waals surface area contributed by atoms with Crippen molar-refractivity contribution < 1.29 is 9.26 Å². The quantitative estimate of drug-likeness (QED) is 0.567. The smallest absolute Gasteiger partial charge is 0.246 e. The number of rotatable bonds is 3. The highest BCUT2D eigenvalue weighted by Crippen LogP contribution is 2.24. The summed E-state index contributed by atoms with van der Waals surface area (Å²) in [5.74, 6) is 1.83. The molecule has 3 aromatic heterocycles. The SMILES string of the molecule is C[C@H]1OCCN[C@@H]1c1nc(-c2ccc(-n3cnc4ccccc43)nc2)no1.Cl. The third-order valence-corrected chi connectivity index (χ3v) is 4.73. The summed E-state index contributed by atoms with van der Waals surface area (Å²) in [6.45, 7) is 3.45. The molecule has 1 aromatic carbocycles. The van der Waals surface area contributed by atoms with Crippen LogP contribution in [-0.4, -0.2) is 43.9 Å². The van der Waals surface area contributed by atoms with Crippen LogP contribution in [0.3, 0.4) is 0 Å². The second kappa shape index (κ2) is 7.67. The second-order valence-electron chi connectivity index (χ2n) is 6.47. The van der Waals surface area contributed by atoms with Crippen LogP contribution in [0.25, 0.3) is 28.2 Å². The summed E-state index contributed by atoms with van der Waals surface area (Å²) in [6.07, 6.45) is 3.50. The first-order valence-electron chi connectivity index (χ1n) is 8.87. The molecule has 0 spiro atoms. The van der Waals surface area contributed by atoms with E-state index in [1.54, 1.807) is 12.5 Å². The molecule has 4 aromatic rings. The Hall–Kier alpha value is -2.81. The van der Waals surface area contributed by atoms with Gasteiger partial charge < -0.3 is 14.6 Å². The fraction of sp³-hybridized carbons (Fsp3) is 0.263. The molecule has 0 amide bonds. The molecule has 1 N–H and O–H groups in total. The zero-order valence-electron chi connectivity index (χ0n) is 15.1. The van der Waals surface area contributed by atoms with E-state index in [0.717, 1.165) is 29.0 Å². The lowest BCUT2D eigenvalue weighted by molar-refractivity contribution is -0.00136. The minimum Gasteiger partial charge on any atom is -0.375 e. The fourth-order valence-corrected chi connectivity index (χ4v) is 3.29. The molecule has 5 rings (SSSR count). The number of ether oxygens (including phenoxy) is 1. The minimum atomic E-state index is -0.0930. The molecule has 0 bridgehead atoms. The topological polar surface area (TPSA) is 90.9 Å². The number of fused-ring (bicyclic) bond motifs is 1. The summed E-state index contributed by atoms with van der Waals surface area (Å²) in [5, 5.41) is 7.45. The highest BCUT2D eigenvalue weighted by atomic mass is 35.5. The molecule has 2 atom stereocenters. The molecule has 0 radical (unpaired) electrons. The lowest BCUT2D eigenvalue weighted by Gasteiger charge is -2.27. The van der Waals surface area contributed by atoms with Crippen LogP contribution in [0.2, 0.25) is 0 Å². The molecule has 1 aliphatic rings. The van der Waals surface area contributed by atoms with Gasteiger partial charge in [-0.1, -0.05) is 17.3 Å². The Morgan fingerprint density at radius 2 is 2.04 bits per heavy atom. The zero-order chi connectivity index (χ0) is 18.2. The molecular weight excluding hydrogens is 380 g/mol. The van der Waals surface area contributed by atoms with E-state index in [2.05, 4.69) is 25.4 Å². The van der Waals surface area contributed by atoms with Gasteiger partial charge >= 0.3 is 0 Å². The van der Waals surface area contributed by atoms with Gasteiger partial charge in [-0.15, -0.1) is 12.4 Å². The minimum absolute atomic E-state index is 0. The van der Waals surface area contributed by atoms with Crippen molar-refractivity contribution >= 4 is 23.4 Å². The summed E-state index contributed by atoms with van der Waals surface area (Å²) >= 11 is 0. The average Bonchev–Trinajstić information content (AvgIpc) is 3.36. The Bertz CT molecular complexity index is 1080. The number of pyridine rings is 1. The number of morpholine rings is 1. The largest absolute Gasteiger partial charge is 0.375 e. The maximum Gasteiger partial charge on any atom is 0.246 e. The summed E-state index contributed by atoms with van der Waals surface area (Å²) in [6, 6.07) is 11.7. The molecule has 144 valence electrons. The van der Waals surface area contributed by atoms with Crippen molar-refractivity contribution in [3.05, 3.63) is 54.8 Å². The first-order chi connectivity index (χ1) is 13.3. The van der Waals surface area contributed by atoms with Crippen molar-refractivity contribution in [1.29, 1.82) is 0 Å². The number of hydrogen-bond acceptors (Lipinski definition) is 7. The van der Waals surface area contributed by atoms with Crippen molar-refractivity contribution in [2.24, 2.45) is 0 Å². The van der Waals surface area contributed by atoms with Crippen LogP contribution in [0.5, 0.6) is 0 Å². The monoisotopic (exact) mass is 398 g/mol. The lowest BCUT2D eigenvalue weighted by atomic mass is 10.1. The number of halogens is 1. The summed E-state index contributed by atoms with van der Waals surface area (Å²) in [7, 11) is 0. The molecular formula is C19H19ClN6O2. The summed E-state index contributed by atoms with van der Waals surface area (Å²) in [5.41, 5.74) is 2.74. The van der Waals surface area contributed by atoms with Crippen LogP contribution >= 0.6 is 12.4 Å². The number of hydrogen-bond donors (Lipinski definition) is 1. The predicted molar refractivity (Wildman–Crippen MR) is 106 cm³/mol. The van der Waals surface area contributed by atoms with E-state index in [4.69, 9.17) is 9.26 Å². The fourth-order valence-electron chi connectivity index (χ4n) is 3.29. The van der Waals surface area contributed by atoms with E-state index in [1.165, 1.54) is 0 Å². The molecule has 0 aliphatic carbocycles. The normalized spacial score (nSPS) is 19.5. The molecule has 28 heavy (non-hydrogen) atoms. The number of imidazole rings is 1. The van der Waals surface area contributed by atoms with E-state index in [-0.39, 0.29) is 24.6 Å². The van der Waals surface area contributed by atoms with E-state index in [9.17, 15) is 0 Å². The van der Waals surface area contributed by atoms with Gasteiger partial charge in [0.1, 0.15) is 18.2 Å². The Balaban J connectivity index is 0.00000192. The van der Waals surface area contributed by atoms with Gasteiger partial charge in [0.25, 0.3) is 0 Å². The van der Waals surface area contributed by atoms with Gasteiger partial charge in [-0.05, 0) is 31.2 Å². The highest BCUT2D eigenvalue weighted by Gasteiger charge is 2.28. The van der Waals surface area contributed by atoms with Crippen LogP contribution in [-0.2, 0) is 4.74 Å². The van der Waals surface area contributed by atoms with Crippen molar-refractivity contribution in [2.75, 3.05) is 13.2 Å². The first-order valence-corrected chi connectivity index (χ1v) is 8.87. The van der Waals surface area contributed by atoms with Crippen LogP contribution in [0.1, 0.15) is 18.9 Å². The maximum absolute atomic E-state index is 5.64. The van der Waals surface area contributed by atoms with Gasteiger partial charge in [0.05, 0.1) is 23.7 Å². The van der Waals surface area contributed by atoms with Crippen molar-refractivity contribution in [3.63, 3.8) is 0 Å². The Labute approximate surface area is 167 Å². The zero-order valence-corrected chi connectivity index (χ0v) is 16.0. The summed E-state index contributed by atoms with van der Waals surface area (Å²) in [4.78, 5) is 13.5. The number of aromatic nitrogens is 5. The third-order valence-electron chi connectivity index (χ3n) is 4.73. The number of para-hydroxylation sites is 2. The maximum atomic E-state index is 5.64. The molecule has 9 heteroatoms. The summed E-state index contributed by atoms with van der Waals surface area (Å²) < 4.78 is 13.0. The standard InChI is InChI=1S/C19H18N6O2.ClH/c1-12-17(20-8-9-26-12)19-23-18(24-27-19)13-6-7-16(21-10-13)25-11-22-14-4-2-3-5-15(14)25;/h2-7,10-12,17,20H,8-9H2,1H3;1H/t12-,17+;/m1./s1. The Morgan fingerprint density at radius 1 is 1.14 bits per heavy atom. The highest BCUT2D eigenvalue weighted by molar-refractivity contribution is 5.85. The van der Waals surface area contributed by atoms with Crippen LogP contribution in [0.4, 0.5) is 0 Å². The number of nitrogens with zero attached hydrogens (tertiary/aromatic N) is 5. The van der Waals surface area contributed by atoms with Gasteiger partial charge in [-0.3, -0.25) is 4.57 Å². The van der Waals surface area contributed by atoms with E-state index in [0.29, 0.717) is 18.3 Å². The number of benzene rings is 1. The van der Waals surface area contributed by atoms with Gasteiger partial charge in [0, 0.05) is 18.3 Å². The van der Waals surface area contributed by atoms with Gasteiger partial charge in [-0.2, -0.15) is 4.98 Å². The van der Waals surface area contributed by atoms with Crippen LogP contribution in [0, 0.1) is 0 Å². The van der Waals surface area contributed by atoms with Gasteiger partial charge in [0.15, 0.2) is 0 Å². The lowest BCUT2D eigenvalue weighted by Crippen LogP contribution is -2.40. The Morgan fingerprint density at radius 3 is 2.86 bits per heavy atom. The molecule has 8 nitrogen and oxygen atoms in total. The molecule has 1 aliphatic heterocycles. The van der Waals surface area contributed by atoms with Crippen molar-refractivity contribution in [1.82, 2.24) is 30.0 Å². The van der Waals surface area contributed by atoms with Gasteiger partial charge in [-0.25, -0.2) is 9.97 Å². The number of nitrogens with one attached hydrogen (secondary N) is 1. The molecule has 0 unspecified atom stereocenters. The van der Waals surface area contributed by atoms with Gasteiger partial charge in [0.2, 0.25) is 11.7 Å². The van der Waals surface area contributed by atoms with Crippen LogP contribution in [0.15, 0.2) is 53.4 Å². The van der Waals surface area contributed by atoms with E-state index in [1.807, 2.05) is 47.9 Å². The molecule has 1 saturated heterocycles. The van der Waals surface area contributed by atoms with E-state index < -0.39 is 0 Å². The molecule has 0 saturated carbocycles. The van der Waals surface area contributed by atoms with E-state index >= 15 is 0 Å². The Kier molecular flexibility index (Phi) is 5.08. The third kappa shape index (κ3) is 3.26. The average molecular weight is 399 g/mol. The molecule has 4 heterocycles. The molecule has 1 fully saturated rings.